The number of hydrogen-bond donors (Lipinski definition) is 3. The first kappa shape index (κ1) is 15.9. The Morgan fingerprint density at radius 2 is 2.14 bits per heavy atom. The van der Waals surface area contributed by atoms with Gasteiger partial charge >= 0.3 is 5.97 Å². The Labute approximate surface area is 128 Å². The van der Waals surface area contributed by atoms with Crippen LogP contribution in [0.3, 0.4) is 0 Å². The largest absolute Gasteiger partial charge is 0.497 e. The molecular formula is C16H20N2O4. The van der Waals surface area contributed by atoms with Gasteiger partial charge in [0.1, 0.15) is 5.75 Å². The van der Waals surface area contributed by atoms with Crippen molar-refractivity contribution in [2.24, 2.45) is 0 Å². The monoisotopic (exact) mass is 304 g/mol. The van der Waals surface area contributed by atoms with Crippen LogP contribution in [0.15, 0.2) is 24.4 Å². The number of ether oxygens (including phenoxy) is 1. The van der Waals surface area contributed by atoms with Crippen molar-refractivity contribution in [1.82, 2.24) is 10.3 Å². The first-order valence-corrected chi connectivity index (χ1v) is 7.22. The number of aromatic amines is 1. The third-order valence-corrected chi connectivity index (χ3v) is 3.49. The van der Waals surface area contributed by atoms with Crippen LogP contribution in [-0.4, -0.2) is 35.6 Å². The molecule has 0 bridgehead atoms. The molecule has 22 heavy (non-hydrogen) atoms. The van der Waals surface area contributed by atoms with E-state index in [-0.39, 0.29) is 18.7 Å². The molecule has 0 saturated heterocycles. The van der Waals surface area contributed by atoms with Gasteiger partial charge in [0.2, 0.25) is 5.91 Å². The van der Waals surface area contributed by atoms with Crippen molar-refractivity contribution in [2.75, 3.05) is 13.7 Å². The highest BCUT2D eigenvalue weighted by molar-refractivity contribution is 5.84. The molecule has 0 spiro atoms. The fourth-order valence-corrected chi connectivity index (χ4v) is 2.32. The zero-order chi connectivity index (χ0) is 15.9. The number of fused-ring (bicyclic) bond motifs is 1. The summed E-state index contributed by atoms with van der Waals surface area (Å²) >= 11 is 0. The number of carbonyl (C=O) groups is 2. The molecule has 0 aliphatic heterocycles. The highest BCUT2D eigenvalue weighted by Crippen LogP contribution is 2.23. The van der Waals surface area contributed by atoms with Crippen molar-refractivity contribution in [3.8, 4) is 5.75 Å². The Bertz CT molecular complexity index is 663. The molecule has 0 fully saturated rings. The minimum Gasteiger partial charge on any atom is -0.497 e. The molecule has 0 atom stereocenters. The fourth-order valence-electron chi connectivity index (χ4n) is 2.32. The quantitative estimate of drug-likeness (QED) is 0.696. The van der Waals surface area contributed by atoms with Gasteiger partial charge < -0.3 is 20.1 Å². The highest BCUT2D eigenvalue weighted by Gasteiger charge is 2.07. The summed E-state index contributed by atoms with van der Waals surface area (Å²) in [6.07, 6.45) is 3.27. The van der Waals surface area contributed by atoms with E-state index < -0.39 is 5.97 Å². The second-order valence-corrected chi connectivity index (χ2v) is 5.07. The molecule has 0 aliphatic carbocycles. The molecule has 6 heteroatoms. The lowest BCUT2D eigenvalue weighted by Gasteiger charge is -2.05. The molecule has 1 aromatic heterocycles. The Hall–Kier alpha value is -2.50. The van der Waals surface area contributed by atoms with E-state index in [4.69, 9.17) is 9.84 Å². The van der Waals surface area contributed by atoms with Crippen molar-refractivity contribution >= 4 is 22.8 Å². The molecule has 0 saturated carbocycles. The topological polar surface area (TPSA) is 91.4 Å². The fraction of sp³-hybridized carbons (Fsp3) is 0.375. The minimum absolute atomic E-state index is 0.0235. The molecule has 6 nitrogen and oxygen atoms in total. The molecule has 1 heterocycles. The van der Waals surface area contributed by atoms with Gasteiger partial charge in [-0.3, -0.25) is 9.59 Å². The maximum atomic E-state index is 11.6. The van der Waals surface area contributed by atoms with Crippen LogP contribution in [-0.2, 0) is 16.0 Å². The van der Waals surface area contributed by atoms with Gasteiger partial charge in [-0.25, -0.2) is 0 Å². The number of aromatic nitrogens is 1. The lowest BCUT2D eigenvalue weighted by atomic mass is 10.1. The number of carbonyl (C=O) groups excluding carboxylic acids is 1. The van der Waals surface area contributed by atoms with E-state index >= 15 is 0 Å². The Balaban J connectivity index is 1.84. The number of methoxy groups -OCH3 is 1. The number of H-pyrrole nitrogens is 1. The summed E-state index contributed by atoms with van der Waals surface area (Å²) in [6, 6.07) is 5.82. The molecular weight excluding hydrogens is 284 g/mol. The predicted molar refractivity (Wildman–Crippen MR) is 83.1 cm³/mol. The van der Waals surface area contributed by atoms with Crippen LogP contribution in [0.4, 0.5) is 0 Å². The van der Waals surface area contributed by atoms with Crippen LogP contribution in [0.1, 0.15) is 24.8 Å². The van der Waals surface area contributed by atoms with Gasteiger partial charge in [-0.1, -0.05) is 0 Å². The Morgan fingerprint density at radius 1 is 1.32 bits per heavy atom. The van der Waals surface area contributed by atoms with Crippen LogP contribution in [0.2, 0.25) is 0 Å². The number of rotatable bonds is 8. The SMILES string of the molecule is COc1ccc2[nH]cc(CCNC(=O)CCCC(=O)O)c2c1. The molecule has 118 valence electrons. The standard InChI is InChI=1S/C16H20N2O4/c1-22-12-5-6-14-13(9-12)11(10-18-14)7-8-17-15(19)3-2-4-16(20)21/h5-6,9-10,18H,2-4,7-8H2,1H3,(H,17,19)(H,20,21). The average Bonchev–Trinajstić information content (AvgIpc) is 2.89. The van der Waals surface area contributed by atoms with Crippen LogP contribution in [0.25, 0.3) is 10.9 Å². The van der Waals surface area contributed by atoms with Gasteiger partial charge in [0.25, 0.3) is 0 Å². The molecule has 1 aromatic carbocycles. The summed E-state index contributed by atoms with van der Waals surface area (Å²) in [5.74, 6) is -0.190. The third kappa shape index (κ3) is 4.25. The van der Waals surface area contributed by atoms with Gasteiger partial charge in [-0.05, 0) is 36.6 Å². The van der Waals surface area contributed by atoms with Gasteiger partial charge in [-0.2, -0.15) is 0 Å². The van der Waals surface area contributed by atoms with E-state index in [0.717, 1.165) is 22.2 Å². The van der Waals surface area contributed by atoms with Crippen LogP contribution >= 0.6 is 0 Å². The minimum atomic E-state index is -0.875. The van der Waals surface area contributed by atoms with Crippen molar-refractivity contribution < 1.29 is 19.4 Å². The van der Waals surface area contributed by atoms with E-state index in [1.54, 1.807) is 7.11 Å². The van der Waals surface area contributed by atoms with Crippen LogP contribution < -0.4 is 10.1 Å². The van der Waals surface area contributed by atoms with E-state index in [2.05, 4.69) is 10.3 Å². The smallest absolute Gasteiger partial charge is 0.303 e. The van der Waals surface area contributed by atoms with Gasteiger partial charge in [0.05, 0.1) is 7.11 Å². The summed E-state index contributed by atoms with van der Waals surface area (Å²) in [5, 5.41) is 12.4. The first-order valence-electron chi connectivity index (χ1n) is 7.22. The lowest BCUT2D eigenvalue weighted by Crippen LogP contribution is -2.25. The molecule has 1 amide bonds. The Kier molecular flexibility index (Phi) is 5.41. The second kappa shape index (κ2) is 7.49. The summed E-state index contributed by atoms with van der Waals surface area (Å²) < 4.78 is 5.22. The summed E-state index contributed by atoms with van der Waals surface area (Å²) in [5.41, 5.74) is 2.14. The average molecular weight is 304 g/mol. The number of hydrogen-bond acceptors (Lipinski definition) is 3. The summed E-state index contributed by atoms with van der Waals surface area (Å²) in [7, 11) is 1.63. The second-order valence-electron chi connectivity index (χ2n) is 5.07. The summed E-state index contributed by atoms with van der Waals surface area (Å²) in [4.78, 5) is 25.2. The van der Waals surface area contributed by atoms with E-state index in [0.29, 0.717) is 19.4 Å². The van der Waals surface area contributed by atoms with Crippen molar-refractivity contribution in [3.63, 3.8) is 0 Å². The molecule has 0 unspecified atom stereocenters. The number of nitrogens with one attached hydrogen (secondary N) is 2. The van der Waals surface area contributed by atoms with Gasteiger partial charge in [-0.15, -0.1) is 0 Å². The number of benzene rings is 1. The van der Waals surface area contributed by atoms with Gasteiger partial charge in [0, 0.05) is 36.5 Å². The van der Waals surface area contributed by atoms with E-state index in [1.165, 1.54) is 0 Å². The van der Waals surface area contributed by atoms with Crippen molar-refractivity contribution in [2.45, 2.75) is 25.7 Å². The summed E-state index contributed by atoms with van der Waals surface area (Å²) in [6.45, 7) is 0.524. The zero-order valence-electron chi connectivity index (χ0n) is 12.5. The molecule has 0 radical (unpaired) electrons. The number of carboxylic acids is 1. The number of carboxylic acid groups (broad SMARTS) is 1. The molecule has 3 N–H and O–H groups in total. The van der Waals surface area contributed by atoms with Crippen LogP contribution in [0, 0.1) is 0 Å². The number of amides is 1. The third-order valence-electron chi connectivity index (χ3n) is 3.49. The first-order chi connectivity index (χ1) is 10.6. The molecule has 0 aliphatic rings. The van der Waals surface area contributed by atoms with Crippen molar-refractivity contribution in [1.29, 1.82) is 0 Å². The maximum absolute atomic E-state index is 11.6. The maximum Gasteiger partial charge on any atom is 0.303 e. The number of aliphatic carboxylic acids is 1. The highest BCUT2D eigenvalue weighted by atomic mass is 16.5. The van der Waals surface area contributed by atoms with Crippen molar-refractivity contribution in [3.05, 3.63) is 30.0 Å². The lowest BCUT2D eigenvalue weighted by molar-refractivity contribution is -0.137. The van der Waals surface area contributed by atoms with Gasteiger partial charge in [0.15, 0.2) is 0 Å². The van der Waals surface area contributed by atoms with Crippen LogP contribution in [0.5, 0.6) is 5.75 Å². The predicted octanol–water partition coefficient (Wildman–Crippen LogP) is 2.09. The molecule has 2 aromatic rings. The molecule has 2 rings (SSSR count). The Morgan fingerprint density at radius 3 is 2.86 bits per heavy atom. The normalized spacial score (nSPS) is 10.6. The van der Waals surface area contributed by atoms with E-state index in [9.17, 15) is 9.59 Å². The zero-order valence-corrected chi connectivity index (χ0v) is 12.5. The van der Waals surface area contributed by atoms with E-state index in [1.807, 2.05) is 24.4 Å².